The van der Waals surface area contributed by atoms with Crippen molar-refractivity contribution in [2.75, 3.05) is 12.9 Å². The minimum atomic E-state index is -3.32. The van der Waals surface area contributed by atoms with E-state index in [1.54, 1.807) is 24.3 Å². The smallest absolute Gasteiger partial charge is 0.217 e. The molecule has 2 rings (SSSR count). The summed E-state index contributed by atoms with van der Waals surface area (Å²) in [6.45, 7) is 1.62. The summed E-state index contributed by atoms with van der Waals surface area (Å²) in [5.74, 6) is -0.0227. The summed E-state index contributed by atoms with van der Waals surface area (Å²) in [7, 11) is -3.32. The first-order chi connectivity index (χ1) is 11.3. The summed E-state index contributed by atoms with van der Waals surface area (Å²) >= 11 is 1.29. The minimum absolute atomic E-state index is 0.134. The molecule has 128 valence electrons. The molecule has 0 aliphatic rings. The van der Waals surface area contributed by atoms with Crippen molar-refractivity contribution in [1.29, 1.82) is 0 Å². The Morgan fingerprint density at radius 1 is 1.21 bits per heavy atom. The van der Waals surface area contributed by atoms with Crippen molar-refractivity contribution in [2.45, 2.75) is 18.4 Å². The van der Waals surface area contributed by atoms with Crippen molar-refractivity contribution in [1.82, 2.24) is 5.32 Å². The van der Waals surface area contributed by atoms with Gasteiger partial charge in [-0.3, -0.25) is 9.59 Å². The number of ketones is 1. The lowest BCUT2D eigenvalue weighted by molar-refractivity contribution is -0.119. The molecule has 0 radical (unpaired) electrons. The maximum atomic E-state index is 12.1. The van der Waals surface area contributed by atoms with Gasteiger partial charge >= 0.3 is 0 Å². The fraction of sp³-hybridized carbons (Fsp3) is 0.250. The molecule has 2 aromatic rings. The van der Waals surface area contributed by atoms with Crippen LogP contribution in [0.15, 0.2) is 41.3 Å². The van der Waals surface area contributed by atoms with Crippen LogP contribution in [0, 0.1) is 0 Å². The van der Waals surface area contributed by atoms with Gasteiger partial charge in [0, 0.05) is 18.1 Å². The standard InChI is InChI=1S/C16H17NO5S2/c1-11(18)17-9-13-6-7-16(23-13)15(19)10-22-12-4-3-5-14(8-12)24(2,20)21/h3-8H,9-10H2,1-2H3,(H,17,18). The molecular formula is C16H17NO5S2. The lowest BCUT2D eigenvalue weighted by atomic mass is 10.3. The topological polar surface area (TPSA) is 89.5 Å². The Bertz CT molecular complexity index is 855. The zero-order valence-corrected chi connectivity index (χ0v) is 14.9. The van der Waals surface area contributed by atoms with Crippen molar-refractivity contribution in [2.24, 2.45) is 0 Å². The second kappa shape index (κ2) is 7.59. The van der Waals surface area contributed by atoms with Gasteiger partial charge in [0.1, 0.15) is 5.75 Å². The van der Waals surface area contributed by atoms with Gasteiger partial charge in [0.05, 0.1) is 16.3 Å². The molecule has 0 aliphatic carbocycles. The number of carbonyl (C=O) groups excluding carboxylic acids is 2. The van der Waals surface area contributed by atoms with Crippen molar-refractivity contribution >= 4 is 32.9 Å². The van der Waals surface area contributed by atoms with Gasteiger partial charge in [-0.25, -0.2) is 8.42 Å². The normalized spacial score (nSPS) is 11.1. The van der Waals surface area contributed by atoms with Crippen LogP contribution in [0.4, 0.5) is 0 Å². The average molecular weight is 367 g/mol. The number of rotatable bonds is 7. The van der Waals surface area contributed by atoms with Crippen LogP contribution in [-0.4, -0.2) is 33.0 Å². The van der Waals surface area contributed by atoms with Gasteiger partial charge in [-0.05, 0) is 30.3 Å². The van der Waals surface area contributed by atoms with E-state index in [0.717, 1.165) is 11.1 Å². The van der Waals surface area contributed by atoms with Gasteiger partial charge in [0.2, 0.25) is 11.7 Å². The number of amides is 1. The number of Topliss-reactive ketones (excluding diaryl/α,β-unsaturated/α-hetero) is 1. The molecule has 1 N–H and O–H groups in total. The van der Waals surface area contributed by atoms with Crippen LogP contribution < -0.4 is 10.1 Å². The van der Waals surface area contributed by atoms with E-state index in [1.807, 2.05) is 0 Å². The number of hydrogen-bond acceptors (Lipinski definition) is 6. The summed E-state index contributed by atoms with van der Waals surface area (Å²) < 4.78 is 28.4. The van der Waals surface area contributed by atoms with E-state index in [9.17, 15) is 18.0 Å². The molecule has 0 saturated carbocycles. The molecule has 1 amide bonds. The Labute approximate surface area is 144 Å². The molecule has 6 nitrogen and oxygen atoms in total. The third kappa shape index (κ3) is 5.17. The van der Waals surface area contributed by atoms with Crippen LogP contribution in [-0.2, 0) is 21.2 Å². The third-order valence-corrected chi connectivity index (χ3v) is 5.29. The number of sulfone groups is 1. The summed E-state index contributed by atoms with van der Waals surface area (Å²) in [5.41, 5.74) is 0. The van der Waals surface area contributed by atoms with Gasteiger partial charge in [0.25, 0.3) is 0 Å². The van der Waals surface area contributed by atoms with E-state index >= 15 is 0 Å². The van der Waals surface area contributed by atoms with Crippen LogP contribution in [0.2, 0.25) is 0 Å². The fourth-order valence-corrected chi connectivity index (χ4v) is 3.38. The molecule has 1 heterocycles. The number of thiophene rings is 1. The van der Waals surface area contributed by atoms with E-state index in [1.165, 1.54) is 30.4 Å². The van der Waals surface area contributed by atoms with E-state index in [-0.39, 0.29) is 23.2 Å². The lowest BCUT2D eigenvalue weighted by Gasteiger charge is -2.06. The molecule has 0 saturated heterocycles. The summed E-state index contributed by atoms with van der Waals surface area (Å²) in [6, 6.07) is 9.47. The Kier molecular flexibility index (Phi) is 5.74. The highest BCUT2D eigenvalue weighted by Crippen LogP contribution is 2.20. The Morgan fingerprint density at radius 3 is 2.62 bits per heavy atom. The van der Waals surface area contributed by atoms with Crippen molar-refractivity contribution in [3.05, 3.63) is 46.2 Å². The maximum Gasteiger partial charge on any atom is 0.217 e. The van der Waals surface area contributed by atoms with Gasteiger partial charge in [-0.2, -0.15) is 0 Å². The summed E-state index contributed by atoms with van der Waals surface area (Å²) in [5, 5.41) is 2.66. The van der Waals surface area contributed by atoms with Crippen LogP contribution in [0.3, 0.4) is 0 Å². The first-order valence-electron chi connectivity index (χ1n) is 7.05. The number of benzene rings is 1. The zero-order chi connectivity index (χ0) is 17.7. The summed E-state index contributed by atoms with van der Waals surface area (Å²) in [6.07, 6.45) is 1.11. The van der Waals surface area contributed by atoms with Crippen LogP contribution in [0.5, 0.6) is 5.75 Å². The monoisotopic (exact) mass is 367 g/mol. The zero-order valence-electron chi connectivity index (χ0n) is 13.2. The first kappa shape index (κ1) is 18.2. The predicted molar refractivity (Wildman–Crippen MR) is 91.2 cm³/mol. The highest BCUT2D eigenvalue weighted by Gasteiger charge is 2.12. The molecule has 8 heteroatoms. The molecule has 24 heavy (non-hydrogen) atoms. The van der Waals surface area contributed by atoms with Gasteiger partial charge in [-0.1, -0.05) is 6.07 Å². The van der Waals surface area contributed by atoms with Crippen molar-refractivity contribution < 1.29 is 22.7 Å². The average Bonchev–Trinajstić information content (AvgIpc) is 2.99. The number of nitrogens with one attached hydrogen (secondary N) is 1. The molecule has 0 unspecified atom stereocenters. The SMILES string of the molecule is CC(=O)NCc1ccc(C(=O)COc2cccc(S(C)(=O)=O)c2)s1. The third-order valence-electron chi connectivity index (χ3n) is 3.05. The largest absolute Gasteiger partial charge is 0.485 e. The fourth-order valence-electron chi connectivity index (χ4n) is 1.85. The molecule has 1 aromatic heterocycles. The van der Waals surface area contributed by atoms with Crippen LogP contribution in [0.1, 0.15) is 21.5 Å². The quantitative estimate of drug-likeness (QED) is 0.757. The molecule has 0 fully saturated rings. The Hall–Kier alpha value is -2.19. The highest BCUT2D eigenvalue weighted by atomic mass is 32.2. The van der Waals surface area contributed by atoms with Crippen LogP contribution in [0.25, 0.3) is 0 Å². The van der Waals surface area contributed by atoms with Crippen molar-refractivity contribution in [3.8, 4) is 5.75 Å². The molecule has 0 atom stereocenters. The van der Waals surface area contributed by atoms with E-state index in [4.69, 9.17) is 4.74 Å². The van der Waals surface area contributed by atoms with Gasteiger partial charge in [0.15, 0.2) is 16.4 Å². The number of carbonyl (C=O) groups is 2. The summed E-state index contributed by atoms with van der Waals surface area (Å²) in [4.78, 5) is 24.5. The number of ether oxygens (including phenoxy) is 1. The van der Waals surface area contributed by atoms with Gasteiger partial charge < -0.3 is 10.1 Å². The van der Waals surface area contributed by atoms with E-state index in [2.05, 4.69) is 5.32 Å². The van der Waals surface area contributed by atoms with Gasteiger partial charge in [-0.15, -0.1) is 11.3 Å². The highest BCUT2D eigenvalue weighted by molar-refractivity contribution is 7.90. The second-order valence-corrected chi connectivity index (χ2v) is 8.32. The molecule has 0 spiro atoms. The first-order valence-corrected chi connectivity index (χ1v) is 9.76. The number of hydrogen-bond donors (Lipinski definition) is 1. The lowest BCUT2D eigenvalue weighted by Crippen LogP contribution is -2.18. The molecule has 0 aliphatic heterocycles. The Morgan fingerprint density at radius 2 is 1.96 bits per heavy atom. The minimum Gasteiger partial charge on any atom is -0.485 e. The van der Waals surface area contributed by atoms with E-state index < -0.39 is 9.84 Å². The maximum absolute atomic E-state index is 12.1. The van der Waals surface area contributed by atoms with E-state index in [0.29, 0.717) is 17.2 Å². The molecule has 0 bridgehead atoms. The van der Waals surface area contributed by atoms with Crippen LogP contribution >= 0.6 is 11.3 Å². The Balaban J connectivity index is 1.97. The van der Waals surface area contributed by atoms with Crippen molar-refractivity contribution in [3.63, 3.8) is 0 Å². The predicted octanol–water partition coefficient (Wildman–Crippen LogP) is 2.05. The molecular weight excluding hydrogens is 350 g/mol. The second-order valence-electron chi connectivity index (χ2n) is 5.13. The molecule has 1 aromatic carbocycles.